The Morgan fingerprint density at radius 1 is 1.10 bits per heavy atom. The molecule has 1 saturated heterocycles. The van der Waals surface area contributed by atoms with Crippen LogP contribution < -0.4 is 5.09 Å². The number of carbonyl (C=O) groups is 2. The zero-order chi connectivity index (χ0) is 30.6. The van der Waals surface area contributed by atoms with Gasteiger partial charge in [0.05, 0.1) is 39.1 Å². The second-order valence-electron chi connectivity index (χ2n) is 8.92. The fraction of sp³-hybridized carbons (Fsp3) is 0.414. The van der Waals surface area contributed by atoms with Crippen molar-refractivity contribution in [3.05, 3.63) is 72.3 Å². The largest absolute Gasteiger partial charge is 0.462 e. The zero-order valence-corrected chi connectivity index (χ0v) is 24.1. The first-order valence-corrected chi connectivity index (χ1v) is 14.9. The molecule has 2 aromatic carbocycles. The van der Waals surface area contributed by atoms with Crippen LogP contribution >= 0.6 is 7.75 Å². The van der Waals surface area contributed by atoms with Crippen LogP contribution in [0.15, 0.2) is 66.7 Å². The van der Waals surface area contributed by atoms with E-state index in [1.54, 1.807) is 68.2 Å². The fourth-order valence-corrected chi connectivity index (χ4v) is 5.29. The molecule has 1 amide bonds. The summed E-state index contributed by atoms with van der Waals surface area (Å²) >= 11 is 0. The molecule has 1 fully saturated rings. The van der Waals surface area contributed by atoms with Crippen molar-refractivity contribution in [2.75, 3.05) is 37.9 Å². The molecule has 1 aliphatic rings. The SMILES string of the molecule is CCOP(=O)(Nc1nc2ccccc2[nH]1)OCC.[2H]C([2H])(CC1CCN(C(=O)/C=C/C)CC1)OC(=O)c1ccccc1. The van der Waals surface area contributed by atoms with Gasteiger partial charge in [-0.2, -0.15) is 0 Å². The van der Waals surface area contributed by atoms with Gasteiger partial charge < -0.3 is 14.6 Å². The van der Waals surface area contributed by atoms with Crippen molar-refractivity contribution in [1.29, 1.82) is 0 Å². The molecule has 10 nitrogen and oxygen atoms in total. The third-order valence-corrected chi connectivity index (χ3v) is 7.69. The standard InChI is InChI=1S/C18H23NO3.C11H16N3O3P/c1-2-6-17(20)19-12-9-15(10-13-19)11-14-22-18(21)16-7-4-3-5-8-16;1-3-16-18(15,17-4-2)14-11-12-9-7-5-6-8-10(9)13-11/h2-8,15H,9-14H2,1H3;5-8H,3-4H2,1-2H3,(H2,12,13,14,15)/b6-2+;/i14D2;. The van der Waals surface area contributed by atoms with Gasteiger partial charge in [0.2, 0.25) is 11.9 Å². The van der Waals surface area contributed by atoms with Gasteiger partial charge in [-0.3, -0.25) is 18.9 Å². The molecule has 1 aliphatic heterocycles. The van der Waals surface area contributed by atoms with E-state index in [1.165, 1.54) is 0 Å². The van der Waals surface area contributed by atoms with Crippen LogP contribution in [-0.4, -0.2) is 59.6 Å². The highest BCUT2D eigenvalue weighted by molar-refractivity contribution is 7.55. The zero-order valence-electron chi connectivity index (χ0n) is 25.2. The predicted octanol–water partition coefficient (Wildman–Crippen LogP) is 6.20. The molecule has 3 aromatic rings. The molecule has 0 spiro atoms. The maximum absolute atomic E-state index is 12.2. The number of hydrogen-bond acceptors (Lipinski definition) is 7. The van der Waals surface area contributed by atoms with Gasteiger partial charge in [-0.25, -0.2) is 14.3 Å². The third-order valence-electron chi connectivity index (χ3n) is 6.01. The van der Waals surface area contributed by atoms with Crippen LogP contribution in [0, 0.1) is 5.92 Å². The minimum absolute atomic E-state index is 0.00512. The topological polar surface area (TPSA) is 123 Å². The summed E-state index contributed by atoms with van der Waals surface area (Å²) in [4.78, 5) is 32.8. The number of imidazole rings is 1. The molecule has 11 heteroatoms. The number of aromatic amines is 1. The lowest BCUT2D eigenvalue weighted by Gasteiger charge is -2.31. The van der Waals surface area contributed by atoms with Gasteiger partial charge in [-0.1, -0.05) is 36.4 Å². The van der Waals surface area contributed by atoms with Gasteiger partial charge >= 0.3 is 13.7 Å². The summed E-state index contributed by atoms with van der Waals surface area (Å²) in [5.74, 6) is -0.185. The number of anilines is 1. The van der Waals surface area contributed by atoms with E-state index >= 15 is 0 Å². The van der Waals surface area contributed by atoms with Crippen molar-refractivity contribution in [3.63, 3.8) is 0 Å². The lowest BCUT2D eigenvalue weighted by molar-refractivity contribution is -0.127. The molecule has 1 aromatic heterocycles. The smallest absolute Gasteiger partial charge is 0.435 e. The highest BCUT2D eigenvalue weighted by Gasteiger charge is 2.25. The minimum Gasteiger partial charge on any atom is -0.462 e. The monoisotopic (exact) mass is 572 g/mol. The van der Waals surface area contributed by atoms with Gasteiger partial charge in [0.15, 0.2) is 0 Å². The molecule has 0 unspecified atom stereocenters. The first kappa shape index (κ1) is 28.1. The highest BCUT2D eigenvalue weighted by Crippen LogP contribution is 2.47. The Morgan fingerprint density at radius 3 is 2.38 bits per heavy atom. The van der Waals surface area contributed by atoms with E-state index < -0.39 is 20.3 Å². The van der Waals surface area contributed by atoms with Gasteiger partial charge in [-0.15, -0.1) is 0 Å². The number of fused-ring (bicyclic) bond motifs is 1. The molecule has 2 N–H and O–H groups in total. The predicted molar refractivity (Wildman–Crippen MR) is 156 cm³/mol. The van der Waals surface area contributed by atoms with E-state index in [-0.39, 0.29) is 18.2 Å². The lowest BCUT2D eigenvalue weighted by Crippen LogP contribution is -2.37. The van der Waals surface area contributed by atoms with E-state index in [2.05, 4.69) is 15.1 Å². The Morgan fingerprint density at radius 2 is 1.75 bits per heavy atom. The number of allylic oxidation sites excluding steroid dienone is 1. The van der Waals surface area contributed by atoms with Crippen LogP contribution in [0.5, 0.6) is 0 Å². The van der Waals surface area contributed by atoms with Gasteiger partial charge in [0.25, 0.3) is 0 Å². The summed E-state index contributed by atoms with van der Waals surface area (Å²) < 4.78 is 43.5. The molecule has 0 bridgehead atoms. The molecule has 0 radical (unpaired) electrons. The third kappa shape index (κ3) is 9.62. The highest BCUT2D eigenvalue weighted by atomic mass is 31.2. The number of carbonyl (C=O) groups excluding carboxylic acids is 2. The van der Waals surface area contributed by atoms with Crippen LogP contribution in [0.4, 0.5) is 5.95 Å². The maximum Gasteiger partial charge on any atom is 0.435 e. The summed E-state index contributed by atoms with van der Waals surface area (Å²) in [7, 11) is -3.34. The molecule has 0 aliphatic carbocycles. The number of hydrogen-bond donors (Lipinski definition) is 2. The molecule has 40 heavy (non-hydrogen) atoms. The molecule has 2 heterocycles. The number of ether oxygens (including phenoxy) is 1. The average molecular weight is 573 g/mol. The number of nitrogens with zero attached hydrogens (tertiary/aromatic N) is 2. The Kier molecular flexibility index (Phi) is 11.2. The summed E-state index contributed by atoms with van der Waals surface area (Å²) in [6.07, 6.45) is 4.84. The molecule has 216 valence electrons. The molecular formula is C29H39N4O6P. The van der Waals surface area contributed by atoms with Crippen molar-refractivity contribution < 1.29 is 30.7 Å². The normalized spacial score (nSPS) is 15.2. The van der Waals surface area contributed by atoms with Crippen LogP contribution in [-0.2, 0) is 23.1 Å². The second kappa shape index (κ2) is 16.0. The van der Waals surface area contributed by atoms with Crippen LogP contribution in [0.25, 0.3) is 11.0 Å². The van der Waals surface area contributed by atoms with Crippen LogP contribution in [0.3, 0.4) is 0 Å². The fourth-order valence-electron chi connectivity index (χ4n) is 4.04. The average Bonchev–Trinajstić information content (AvgIpc) is 3.36. The Labute approximate surface area is 238 Å². The lowest BCUT2D eigenvalue weighted by atomic mass is 9.94. The summed E-state index contributed by atoms with van der Waals surface area (Å²) in [6, 6.07) is 15.9. The molecule has 0 saturated carbocycles. The number of benzene rings is 2. The number of likely N-dealkylation sites (tertiary alicyclic amines) is 1. The van der Waals surface area contributed by atoms with Crippen LogP contribution in [0.1, 0.15) is 53.1 Å². The van der Waals surface area contributed by atoms with Crippen molar-refractivity contribution >= 4 is 36.6 Å². The summed E-state index contributed by atoms with van der Waals surface area (Å²) in [5, 5.41) is 2.69. The quantitative estimate of drug-likeness (QED) is 0.158. The molecular weight excluding hydrogens is 531 g/mol. The maximum atomic E-state index is 12.2. The minimum atomic E-state index is -3.34. The summed E-state index contributed by atoms with van der Waals surface area (Å²) in [6.45, 7) is 5.12. The Bertz CT molecular complexity index is 1330. The number of para-hydroxylation sites is 2. The Hall–Kier alpha value is -3.46. The van der Waals surface area contributed by atoms with Gasteiger partial charge in [0.1, 0.15) is 0 Å². The van der Waals surface area contributed by atoms with Crippen molar-refractivity contribution in [3.8, 4) is 0 Å². The number of amides is 1. The number of nitrogens with one attached hydrogen (secondary N) is 2. The van der Waals surface area contributed by atoms with Crippen molar-refractivity contribution in [1.82, 2.24) is 14.9 Å². The number of H-pyrrole nitrogens is 1. The first-order chi connectivity index (χ1) is 20.1. The summed E-state index contributed by atoms with van der Waals surface area (Å²) in [5.41, 5.74) is 1.99. The van der Waals surface area contributed by atoms with E-state index in [1.807, 2.05) is 24.3 Å². The van der Waals surface area contributed by atoms with E-state index in [9.17, 15) is 14.2 Å². The molecule has 4 rings (SSSR count). The van der Waals surface area contributed by atoms with Crippen molar-refractivity contribution in [2.45, 2.75) is 40.0 Å². The number of rotatable bonds is 11. The number of aromatic nitrogens is 2. The van der Waals surface area contributed by atoms with E-state index in [4.69, 9.17) is 16.5 Å². The van der Waals surface area contributed by atoms with Gasteiger partial charge in [0, 0.05) is 13.1 Å². The Balaban J connectivity index is 0.000000240. The molecule has 0 atom stereocenters. The number of piperidine rings is 1. The second-order valence-corrected chi connectivity index (χ2v) is 10.7. The van der Waals surface area contributed by atoms with Gasteiger partial charge in [-0.05, 0) is 76.3 Å². The van der Waals surface area contributed by atoms with Crippen molar-refractivity contribution in [2.24, 2.45) is 5.92 Å². The van der Waals surface area contributed by atoms with E-state index in [0.717, 1.165) is 11.0 Å². The van der Waals surface area contributed by atoms with Crippen LogP contribution in [0.2, 0.25) is 0 Å². The van der Waals surface area contributed by atoms with E-state index in [0.29, 0.717) is 50.7 Å². The number of esters is 1. The first-order valence-electron chi connectivity index (χ1n) is 14.4.